The van der Waals surface area contributed by atoms with E-state index in [0.717, 1.165) is 31.6 Å². The largest absolute Gasteiger partial charge is 0.379 e. The standard InChI is InChI=1S/C14H20N2O4S/c1-3-14(7-4-8-14)10-15-12-6-5-11(21(2,19)20)9-13(12)16(17)18/h5-6,9,15H,3-4,7-8,10H2,1-2H3. The fraction of sp³-hybridized carbons (Fsp3) is 0.571. The molecule has 1 aliphatic rings. The van der Waals surface area contributed by atoms with Crippen LogP contribution in [0.25, 0.3) is 0 Å². The minimum atomic E-state index is -3.45. The molecule has 0 spiro atoms. The Morgan fingerprint density at radius 2 is 2.05 bits per heavy atom. The fourth-order valence-corrected chi connectivity index (χ4v) is 3.30. The third kappa shape index (κ3) is 3.34. The minimum absolute atomic E-state index is 0.0337. The monoisotopic (exact) mass is 312 g/mol. The van der Waals surface area contributed by atoms with Gasteiger partial charge >= 0.3 is 0 Å². The van der Waals surface area contributed by atoms with Crippen molar-refractivity contribution in [3.05, 3.63) is 28.3 Å². The normalized spacial score (nSPS) is 17.0. The highest BCUT2D eigenvalue weighted by molar-refractivity contribution is 7.90. The highest BCUT2D eigenvalue weighted by Crippen LogP contribution is 2.44. The first-order valence-electron chi connectivity index (χ1n) is 7.00. The first-order chi connectivity index (χ1) is 9.77. The predicted molar refractivity (Wildman–Crippen MR) is 81.3 cm³/mol. The number of nitrogens with one attached hydrogen (secondary N) is 1. The highest BCUT2D eigenvalue weighted by atomic mass is 32.2. The number of anilines is 1. The van der Waals surface area contributed by atoms with E-state index in [1.807, 2.05) is 0 Å². The van der Waals surface area contributed by atoms with E-state index in [2.05, 4.69) is 12.2 Å². The Balaban J connectivity index is 2.25. The predicted octanol–water partition coefficient (Wildman–Crippen LogP) is 2.99. The van der Waals surface area contributed by atoms with Crippen LogP contribution < -0.4 is 5.32 Å². The van der Waals surface area contributed by atoms with E-state index in [-0.39, 0.29) is 16.0 Å². The van der Waals surface area contributed by atoms with Gasteiger partial charge in [-0.15, -0.1) is 0 Å². The first-order valence-corrected chi connectivity index (χ1v) is 8.89. The number of hydrogen-bond acceptors (Lipinski definition) is 5. The van der Waals surface area contributed by atoms with Gasteiger partial charge < -0.3 is 5.32 Å². The summed E-state index contributed by atoms with van der Waals surface area (Å²) in [6, 6.07) is 4.01. The number of nitro benzene ring substituents is 1. The van der Waals surface area contributed by atoms with E-state index >= 15 is 0 Å². The lowest BCUT2D eigenvalue weighted by Gasteiger charge is -2.41. The quantitative estimate of drug-likeness (QED) is 0.644. The van der Waals surface area contributed by atoms with Gasteiger partial charge in [-0.1, -0.05) is 13.3 Å². The smallest absolute Gasteiger partial charge is 0.293 e. The highest BCUT2D eigenvalue weighted by Gasteiger charge is 2.35. The van der Waals surface area contributed by atoms with Crippen molar-refractivity contribution < 1.29 is 13.3 Å². The molecule has 0 bridgehead atoms. The van der Waals surface area contributed by atoms with Gasteiger partial charge in [-0.2, -0.15) is 0 Å². The van der Waals surface area contributed by atoms with Crippen LogP contribution in [-0.2, 0) is 9.84 Å². The Kier molecular flexibility index (Phi) is 4.22. The van der Waals surface area contributed by atoms with Gasteiger partial charge in [0.2, 0.25) is 0 Å². The molecular weight excluding hydrogens is 292 g/mol. The van der Waals surface area contributed by atoms with Crippen LogP contribution in [-0.4, -0.2) is 26.1 Å². The molecule has 116 valence electrons. The first kappa shape index (κ1) is 15.8. The van der Waals surface area contributed by atoms with Crippen molar-refractivity contribution in [1.29, 1.82) is 0 Å². The lowest BCUT2D eigenvalue weighted by molar-refractivity contribution is -0.384. The molecule has 1 N–H and O–H groups in total. The second kappa shape index (κ2) is 5.63. The van der Waals surface area contributed by atoms with Gasteiger partial charge in [-0.25, -0.2) is 8.42 Å². The molecule has 1 saturated carbocycles. The summed E-state index contributed by atoms with van der Waals surface area (Å²) in [7, 11) is -3.45. The van der Waals surface area contributed by atoms with Crippen LogP contribution in [0.1, 0.15) is 32.6 Å². The van der Waals surface area contributed by atoms with Crippen molar-refractivity contribution in [2.75, 3.05) is 18.1 Å². The minimum Gasteiger partial charge on any atom is -0.379 e. The molecule has 1 aliphatic carbocycles. The molecule has 21 heavy (non-hydrogen) atoms. The molecule has 0 radical (unpaired) electrons. The van der Waals surface area contributed by atoms with Crippen molar-refractivity contribution in [2.45, 2.75) is 37.5 Å². The van der Waals surface area contributed by atoms with Gasteiger partial charge in [-0.3, -0.25) is 10.1 Å². The summed E-state index contributed by atoms with van der Waals surface area (Å²) in [4.78, 5) is 10.6. The number of benzene rings is 1. The van der Waals surface area contributed by atoms with Gasteiger partial charge in [0.05, 0.1) is 9.82 Å². The molecule has 2 rings (SSSR count). The Bertz CT molecular complexity index is 645. The second-order valence-corrected chi connectivity index (χ2v) is 7.78. The molecule has 1 aromatic rings. The Hall–Kier alpha value is -1.63. The zero-order valence-electron chi connectivity index (χ0n) is 12.3. The van der Waals surface area contributed by atoms with E-state index in [0.29, 0.717) is 12.2 Å². The van der Waals surface area contributed by atoms with Gasteiger partial charge in [0.1, 0.15) is 5.69 Å². The van der Waals surface area contributed by atoms with Crippen LogP contribution in [0.4, 0.5) is 11.4 Å². The zero-order chi connectivity index (χ0) is 15.7. The number of rotatable bonds is 6. The van der Waals surface area contributed by atoms with Crippen LogP contribution in [0, 0.1) is 15.5 Å². The van der Waals surface area contributed by atoms with Crippen molar-refractivity contribution in [3.63, 3.8) is 0 Å². The van der Waals surface area contributed by atoms with Crippen molar-refractivity contribution in [3.8, 4) is 0 Å². The van der Waals surface area contributed by atoms with Gasteiger partial charge in [-0.05, 0) is 36.8 Å². The van der Waals surface area contributed by atoms with E-state index in [4.69, 9.17) is 0 Å². The molecule has 0 heterocycles. The molecule has 0 amide bonds. The summed E-state index contributed by atoms with van der Waals surface area (Å²) in [5.41, 5.74) is 0.416. The van der Waals surface area contributed by atoms with Crippen LogP contribution in [0.3, 0.4) is 0 Å². The second-order valence-electron chi connectivity index (χ2n) is 5.77. The van der Waals surface area contributed by atoms with Crippen LogP contribution in [0.5, 0.6) is 0 Å². The summed E-state index contributed by atoms with van der Waals surface area (Å²) < 4.78 is 23.0. The molecule has 0 unspecified atom stereocenters. The summed E-state index contributed by atoms with van der Waals surface area (Å²) in [6.45, 7) is 2.81. The molecule has 0 aliphatic heterocycles. The maximum atomic E-state index is 11.5. The van der Waals surface area contributed by atoms with Crippen molar-refractivity contribution in [1.82, 2.24) is 0 Å². The zero-order valence-corrected chi connectivity index (χ0v) is 13.1. The number of nitro groups is 1. The number of sulfone groups is 1. The SMILES string of the molecule is CCC1(CNc2ccc(S(C)(=O)=O)cc2[N+](=O)[O-])CCC1. The number of nitrogens with zero attached hydrogens (tertiary/aromatic N) is 1. The topological polar surface area (TPSA) is 89.3 Å². The lowest BCUT2D eigenvalue weighted by atomic mass is 9.67. The van der Waals surface area contributed by atoms with Gasteiger partial charge in [0.15, 0.2) is 9.84 Å². The molecule has 1 fully saturated rings. The molecule has 0 aromatic heterocycles. The van der Waals surface area contributed by atoms with E-state index in [1.165, 1.54) is 18.6 Å². The average Bonchev–Trinajstić information content (AvgIpc) is 2.36. The van der Waals surface area contributed by atoms with Crippen molar-refractivity contribution >= 4 is 21.2 Å². The molecule has 1 aromatic carbocycles. The van der Waals surface area contributed by atoms with Crippen LogP contribution in [0.15, 0.2) is 23.1 Å². The molecule has 6 nitrogen and oxygen atoms in total. The van der Waals surface area contributed by atoms with E-state index < -0.39 is 14.8 Å². The molecular formula is C14H20N2O4S. The van der Waals surface area contributed by atoms with Gasteiger partial charge in [0.25, 0.3) is 5.69 Å². The van der Waals surface area contributed by atoms with Crippen LogP contribution >= 0.6 is 0 Å². The average molecular weight is 312 g/mol. The van der Waals surface area contributed by atoms with E-state index in [9.17, 15) is 18.5 Å². The maximum absolute atomic E-state index is 11.5. The number of hydrogen-bond donors (Lipinski definition) is 1. The fourth-order valence-electron chi connectivity index (χ4n) is 2.66. The maximum Gasteiger partial charge on any atom is 0.293 e. The Morgan fingerprint density at radius 1 is 1.38 bits per heavy atom. The summed E-state index contributed by atoms with van der Waals surface area (Å²) in [6.07, 6.45) is 5.54. The Labute approximate surface area is 124 Å². The molecule has 0 saturated heterocycles. The third-order valence-corrected chi connectivity index (χ3v) is 5.52. The summed E-state index contributed by atoms with van der Waals surface area (Å²) in [5.74, 6) is 0. The third-order valence-electron chi connectivity index (χ3n) is 4.41. The lowest BCUT2D eigenvalue weighted by Crippen LogP contribution is -2.35. The molecule has 7 heteroatoms. The summed E-state index contributed by atoms with van der Waals surface area (Å²) in [5, 5.41) is 14.3. The molecule has 0 atom stereocenters. The van der Waals surface area contributed by atoms with Crippen molar-refractivity contribution in [2.24, 2.45) is 5.41 Å². The summed E-state index contributed by atoms with van der Waals surface area (Å²) >= 11 is 0. The van der Waals surface area contributed by atoms with E-state index in [1.54, 1.807) is 0 Å². The van der Waals surface area contributed by atoms with Crippen LogP contribution in [0.2, 0.25) is 0 Å². The van der Waals surface area contributed by atoms with Gasteiger partial charge in [0, 0.05) is 18.9 Å². The Morgan fingerprint density at radius 3 is 2.48 bits per heavy atom.